The molecule has 2 aromatic heterocycles. The second-order valence-corrected chi connectivity index (χ2v) is 4.09. The standard InChI is InChI=1S/C12H10N4OS/c13-5-1-3-9-4-2-6-14-10(9)11(17)16-12-15-7-8-18-12/h2,4,6-8H,5,13H2,(H,15,16,17). The second-order valence-electron chi connectivity index (χ2n) is 3.20. The maximum Gasteiger partial charge on any atom is 0.277 e. The number of carbonyl (C=O) groups excluding carboxylic acids is 1. The fourth-order valence-electron chi connectivity index (χ4n) is 1.27. The van der Waals surface area contributed by atoms with E-state index in [2.05, 4.69) is 27.1 Å². The van der Waals surface area contributed by atoms with Gasteiger partial charge in [0, 0.05) is 17.8 Å². The van der Waals surface area contributed by atoms with Crippen LogP contribution in [-0.4, -0.2) is 22.4 Å². The van der Waals surface area contributed by atoms with Crippen molar-refractivity contribution in [1.29, 1.82) is 0 Å². The molecule has 0 aliphatic rings. The Morgan fingerprint density at radius 3 is 3.06 bits per heavy atom. The van der Waals surface area contributed by atoms with Crippen LogP contribution in [0.2, 0.25) is 0 Å². The molecule has 0 saturated heterocycles. The van der Waals surface area contributed by atoms with Gasteiger partial charge >= 0.3 is 0 Å². The molecule has 1 amide bonds. The summed E-state index contributed by atoms with van der Waals surface area (Å²) in [6.07, 6.45) is 3.16. The molecule has 3 N–H and O–H groups in total. The van der Waals surface area contributed by atoms with Crippen molar-refractivity contribution in [2.75, 3.05) is 11.9 Å². The van der Waals surface area contributed by atoms with Crippen LogP contribution >= 0.6 is 11.3 Å². The van der Waals surface area contributed by atoms with Crippen molar-refractivity contribution in [1.82, 2.24) is 9.97 Å². The predicted molar refractivity (Wildman–Crippen MR) is 70.2 cm³/mol. The highest BCUT2D eigenvalue weighted by molar-refractivity contribution is 7.13. The number of nitrogens with two attached hydrogens (primary N) is 1. The van der Waals surface area contributed by atoms with E-state index in [1.807, 2.05) is 0 Å². The van der Waals surface area contributed by atoms with E-state index in [9.17, 15) is 4.79 Å². The van der Waals surface area contributed by atoms with E-state index in [0.717, 1.165) is 0 Å². The highest BCUT2D eigenvalue weighted by Gasteiger charge is 2.12. The van der Waals surface area contributed by atoms with Crippen LogP contribution in [0, 0.1) is 11.8 Å². The summed E-state index contributed by atoms with van der Waals surface area (Å²) in [6, 6.07) is 3.45. The van der Waals surface area contributed by atoms with Crippen molar-refractivity contribution in [3.63, 3.8) is 0 Å². The summed E-state index contributed by atoms with van der Waals surface area (Å²) in [5, 5.41) is 4.97. The molecular weight excluding hydrogens is 248 g/mol. The number of hydrogen-bond acceptors (Lipinski definition) is 5. The van der Waals surface area contributed by atoms with Gasteiger partial charge in [-0.25, -0.2) is 9.97 Å². The van der Waals surface area contributed by atoms with Gasteiger partial charge in [0.1, 0.15) is 5.69 Å². The molecular formula is C12H10N4OS. The highest BCUT2D eigenvalue weighted by atomic mass is 32.1. The summed E-state index contributed by atoms with van der Waals surface area (Å²) < 4.78 is 0. The lowest BCUT2D eigenvalue weighted by molar-refractivity contribution is 0.102. The summed E-state index contributed by atoms with van der Waals surface area (Å²) in [5.41, 5.74) is 6.13. The fourth-order valence-corrected chi connectivity index (χ4v) is 1.80. The topological polar surface area (TPSA) is 80.9 Å². The summed E-state index contributed by atoms with van der Waals surface area (Å²) in [6.45, 7) is 0.239. The Morgan fingerprint density at radius 1 is 1.44 bits per heavy atom. The zero-order chi connectivity index (χ0) is 12.8. The first-order valence-corrected chi connectivity index (χ1v) is 6.04. The van der Waals surface area contributed by atoms with Gasteiger partial charge in [-0.2, -0.15) is 0 Å². The van der Waals surface area contributed by atoms with Crippen LogP contribution in [0.4, 0.5) is 5.13 Å². The van der Waals surface area contributed by atoms with Gasteiger partial charge in [0.25, 0.3) is 5.91 Å². The minimum atomic E-state index is -0.327. The molecule has 18 heavy (non-hydrogen) atoms. The summed E-state index contributed by atoms with van der Waals surface area (Å²) in [7, 11) is 0. The average molecular weight is 258 g/mol. The molecule has 0 unspecified atom stereocenters. The molecule has 2 aromatic rings. The lowest BCUT2D eigenvalue weighted by atomic mass is 10.2. The van der Waals surface area contributed by atoms with Crippen LogP contribution in [0.1, 0.15) is 16.1 Å². The maximum atomic E-state index is 12.0. The number of pyridine rings is 1. The zero-order valence-electron chi connectivity index (χ0n) is 9.38. The number of nitrogens with zero attached hydrogens (tertiary/aromatic N) is 2. The van der Waals surface area contributed by atoms with Crippen LogP contribution in [0.5, 0.6) is 0 Å². The first kappa shape index (κ1) is 12.2. The fraction of sp³-hybridized carbons (Fsp3) is 0.0833. The first-order valence-electron chi connectivity index (χ1n) is 5.16. The van der Waals surface area contributed by atoms with E-state index in [1.165, 1.54) is 11.3 Å². The molecule has 5 nitrogen and oxygen atoms in total. The smallest absolute Gasteiger partial charge is 0.277 e. The van der Waals surface area contributed by atoms with Crippen molar-refractivity contribution < 1.29 is 4.79 Å². The van der Waals surface area contributed by atoms with E-state index in [0.29, 0.717) is 10.7 Å². The van der Waals surface area contributed by atoms with Gasteiger partial charge in [-0.05, 0) is 12.1 Å². The molecule has 90 valence electrons. The third-order valence-corrected chi connectivity index (χ3v) is 2.69. The molecule has 0 spiro atoms. The molecule has 2 heterocycles. The Bertz CT molecular complexity index is 598. The molecule has 2 rings (SSSR count). The van der Waals surface area contributed by atoms with Crippen molar-refractivity contribution in [3.8, 4) is 11.8 Å². The predicted octanol–water partition coefficient (Wildman–Crippen LogP) is 1.10. The third-order valence-electron chi connectivity index (χ3n) is 2.00. The van der Waals surface area contributed by atoms with Crippen LogP contribution < -0.4 is 11.1 Å². The number of hydrogen-bond donors (Lipinski definition) is 2. The highest BCUT2D eigenvalue weighted by Crippen LogP contribution is 2.12. The molecule has 0 aromatic carbocycles. The second kappa shape index (κ2) is 5.91. The Labute approximate surface area is 108 Å². The molecule has 0 fully saturated rings. The van der Waals surface area contributed by atoms with Crippen molar-refractivity contribution in [2.24, 2.45) is 5.73 Å². The monoisotopic (exact) mass is 258 g/mol. The van der Waals surface area contributed by atoms with E-state index in [4.69, 9.17) is 5.73 Å². The lowest BCUT2D eigenvalue weighted by Gasteiger charge is -2.02. The number of amides is 1. The number of aromatic nitrogens is 2. The Hall–Kier alpha value is -2.23. The van der Waals surface area contributed by atoms with Gasteiger partial charge in [-0.15, -0.1) is 11.3 Å². The van der Waals surface area contributed by atoms with Gasteiger partial charge in [0.05, 0.1) is 12.1 Å². The first-order chi connectivity index (χ1) is 8.81. The van der Waals surface area contributed by atoms with Crippen LogP contribution in [-0.2, 0) is 0 Å². The van der Waals surface area contributed by atoms with Crippen molar-refractivity contribution in [2.45, 2.75) is 0 Å². The number of rotatable bonds is 2. The van der Waals surface area contributed by atoms with Crippen LogP contribution in [0.15, 0.2) is 29.9 Å². The van der Waals surface area contributed by atoms with Gasteiger partial charge < -0.3 is 5.73 Å². The number of anilines is 1. The van der Waals surface area contributed by atoms with Gasteiger partial charge in [0.15, 0.2) is 5.13 Å². The molecule has 0 aliphatic heterocycles. The average Bonchev–Trinajstić information content (AvgIpc) is 2.89. The summed E-state index contributed by atoms with van der Waals surface area (Å²) >= 11 is 1.34. The number of thiazole rings is 1. The van der Waals surface area contributed by atoms with Gasteiger partial charge in [-0.1, -0.05) is 11.8 Å². The van der Waals surface area contributed by atoms with Gasteiger partial charge in [-0.3, -0.25) is 10.1 Å². The molecule has 0 aliphatic carbocycles. The zero-order valence-corrected chi connectivity index (χ0v) is 10.2. The van der Waals surface area contributed by atoms with Crippen molar-refractivity contribution in [3.05, 3.63) is 41.2 Å². The largest absolute Gasteiger partial charge is 0.320 e. The number of carbonyl (C=O) groups is 1. The van der Waals surface area contributed by atoms with E-state index >= 15 is 0 Å². The van der Waals surface area contributed by atoms with Crippen LogP contribution in [0.3, 0.4) is 0 Å². The summed E-state index contributed by atoms with van der Waals surface area (Å²) in [5.74, 6) is 5.19. The minimum absolute atomic E-state index is 0.239. The Kier molecular flexibility index (Phi) is 4.02. The molecule has 0 saturated carbocycles. The molecule has 0 atom stereocenters. The Balaban J connectivity index is 2.24. The molecule has 0 radical (unpaired) electrons. The normalized spacial score (nSPS) is 9.39. The number of nitrogens with one attached hydrogen (secondary N) is 1. The minimum Gasteiger partial charge on any atom is -0.320 e. The third kappa shape index (κ3) is 2.91. The maximum absolute atomic E-state index is 12.0. The van der Waals surface area contributed by atoms with E-state index in [1.54, 1.807) is 29.9 Å². The molecule has 0 bridgehead atoms. The van der Waals surface area contributed by atoms with Crippen molar-refractivity contribution >= 4 is 22.4 Å². The van der Waals surface area contributed by atoms with E-state index < -0.39 is 0 Å². The lowest BCUT2D eigenvalue weighted by Crippen LogP contribution is -2.15. The molecule has 6 heteroatoms. The van der Waals surface area contributed by atoms with E-state index in [-0.39, 0.29) is 18.1 Å². The quantitative estimate of drug-likeness (QED) is 0.790. The SMILES string of the molecule is NCC#Cc1cccnc1C(=O)Nc1nccs1. The summed E-state index contributed by atoms with van der Waals surface area (Å²) in [4.78, 5) is 20.0. The Morgan fingerprint density at radius 2 is 2.33 bits per heavy atom. The van der Waals surface area contributed by atoms with Crippen LogP contribution in [0.25, 0.3) is 0 Å². The van der Waals surface area contributed by atoms with Gasteiger partial charge in [0.2, 0.25) is 0 Å².